The molecule has 0 radical (unpaired) electrons. The number of anilines is 1. The smallest absolute Gasteiger partial charge is 0.294 e. The van der Waals surface area contributed by atoms with Crippen molar-refractivity contribution >= 4 is 44.3 Å². The van der Waals surface area contributed by atoms with Crippen molar-refractivity contribution in [3.63, 3.8) is 0 Å². The Kier molecular flexibility index (Phi) is 4.70. The molecule has 168 valence electrons. The van der Waals surface area contributed by atoms with Crippen LogP contribution >= 0.6 is 15.9 Å². The summed E-state index contributed by atoms with van der Waals surface area (Å²) in [5.41, 5.74) is 1.61. The van der Waals surface area contributed by atoms with Crippen LogP contribution in [0.2, 0.25) is 0 Å². The lowest BCUT2D eigenvalue weighted by molar-refractivity contribution is -0.117. The van der Waals surface area contributed by atoms with Crippen molar-refractivity contribution in [2.75, 3.05) is 11.7 Å². The molecule has 1 unspecified atom stereocenters. The third-order valence-corrected chi connectivity index (χ3v) is 6.40. The SMILES string of the molecule is O=C(C1=C(O)C(=O)N(c2ccc3c(c2)OCO3)C1c1ccccc1)c1cc2cc(Br)ccc2o1. The molecule has 0 saturated carbocycles. The van der Waals surface area contributed by atoms with Gasteiger partial charge in [-0.25, -0.2) is 0 Å². The second-order valence-electron chi connectivity index (χ2n) is 7.91. The van der Waals surface area contributed by atoms with Crippen molar-refractivity contribution in [3.8, 4) is 11.5 Å². The van der Waals surface area contributed by atoms with E-state index in [9.17, 15) is 14.7 Å². The molecule has 34 heavy (non-hydrogen) atoms. The van der Waals surface area contributed by atoms with Crippen LogP contribution in [-0.4, -0.2) is 23.6 Å². The number of fused-ring (bicyclic) bond motifs is 2. The molecule has 3 aromatic carbocycles. The zero-order chi connectivity index (χ0) is 23.4. The van der Waals surface area contributed by atoms with E-state index in [1.807, 2.05) is 30.3 Å². The Bertz CT molecular complexity index is 1510. The summed E-state index contributed by atoms with van der Waals surface area (Å²) < 4.78 is 17.5. The second kappa shape index (κ2) is 7.78. The highest BCUT2D eigenvalue weighted by Crippen LogP contribution is 2.45. The van der Waals surface area contributed by atoms with Crippen molar-refractivity contribution in [1.82, 2.24) is 0 Å². The van der Waals surface area contributed by atoms with Gasteiger partial charge in [-0.05, 0) is 42.0 Å². The predicted molar refractivity (Wildman–Crippen MR) is 127 cm³/mol. The Morgan fingerprint density at radius 2 is 1.76 bits per heavy atom. The van der Waals surface area contributed by atoms with Gasteiger partial charge in [0.1, 0.15) is 5.58 Å². The number of nitrogens with zero attached hydrogens (tertiary/aromatic N) is 1. The lowest BCUT2D eigenvalue weighted by Gasteiger charge is -2.26. The zero-order valence-electron chi connectivity index (χ0n) is 17.5. The molecule has 8 heteroatoms. The number of amides is 1. The van der Waals surface area contributed by atoms with Gasteiger partial charge in [-0.15, -0.1) is 0 Å². The standard InChI is InChI=1S/C26H16BrNO6/c27-16-6-8-18-15(10-16)11-21(34-18)24(29)22-23(14-4-2-1-3-5-14)28(26(31)25(22)30)17-7-9-19-20(12-17)33-13-32-19/h1-12,23,30H,13H2. The number of carbonyl (C=O) groups excluding carboxylic acids is 2. The summed E-state index contributed by atoms with van der Waals surface area (Å²) in [5.74, 6) is -0.771. The van der Waals surface area contributed by atoms with E-state index >= 15 is 0 Å². The summed E-state index contributed by atoms with van der Waals surface area (Å²) in [7, 11) is 0. The first-order chi connectivity index (χ1) is 16.5. The summed E-state index contributed by atoms with van der Waals surface area (Å²) in [6.45, 7) is 0.0875. The van der Waals surface area contributed by atoms with Gasteiger partial charge in [-0.2, -0.15) is 0 Å². The fourth-order valence-corrected chi connectivity index (χ4v) is 4.73. The van der Waals surface area contributed by atoms with Gasteiger partial charge >= 0.3 is 0 Å². The second-order valence-corrected chi connectivity index (χ2v) is 8.83. The van der Waals surface area contributed by atoms with Crippen molar-refractivity contribution in [2.45, 2.75) is 6.04 Å². The van der Waals surface area contributed by atoms with Crippen LogP contribution in [0.15, 0.2) is 93.0 Å². The fraction of sp³-hybridized carbons (Fsp3) is 0.0769. The van der Waals surface area contributed by atoms with Gasteiger partial charge in [0, 0.05) is 21.6 Å². The van der Waals surface area contributed by atoms with Crippen LogP contribution in [0.3, 0.4) is 0 Å². The molecule has 2 aliphatic heterocycles. The molecule has 6 rings (SSSR count). The molecule has 4 aromatic rings. The average Bonchev–Trinajstić information content (AvgIpc) is 3.55. The molecule has 1 aromatic heterocycles. The summed E-state index contributed by atoms with van der Waals surface area (Å²) in [4.78, 5) is 28.4. The molecule has 1 N–H and O–H groups in total. The third kappa shape index (κ3) is 3.18. The molecule has 0 aliphatic carbocycles. The molecule has 2 aliphatic rings. The van der Waals surface area contributed by atoms with E-state index in [1.165, 1.54) is 4.90 Å². The number of ketones is 1. The third-order valence-electron chi connectivity index (χ3n) is 5.90. The number of furan rings is 1. The van der Waals surface area contributed by atoms with E-state index in [1.54, 1.807) is 42.5 Å². The molecule has 7 nitrogen and oxygen atoms in total. The number of aliphatic hydroxyl groups excluding tert-OH is 1. The molecule has 3 heterocycles. The number of rotatable bonds is 4. The van der Waals surface area contributed by atoms with Crippen LogP contribution in [0.25, 0.3) is 11.0 Å². The largest absolute Gasteiger partial charge is 0.503 e. The minimum absolute atomic E-state index is 0.0379. The lowest BCUT2D eigenvalue weighted by atomic mass is 9.94. The van der Waals surface area contributed by atoms with Crippen LogP contribution < -0.4 is 14.4 Å². The Morgan fingerprint density at radius 1 is 0.971 bits per heavy atom. The number of aliphatic hydroxyl groups is 1. The van der Waals surface area contributed by atoms with Gasteiger partial charge < -0.3 is 19.0 Å². The molecule has 0 spiro atoms. The predicted octanol–water partition coefficient (Wildman–Crippen LogP) is 5.71. The van der Waals surface area contributed by atoms with Crippen LogP contribution in [0, 0.1) is 0 Å². The number of halogens is 1. The Labute approximate surface area is 201 Å². The number of carbonyl (C=O) groups is 2. The van der Waals surface area contributed by atoms with Gasteiger partial charge in [-0.3, -0.25) is 14.5 Å². The quantitative estimate of drug-likeness (QED) is 0.349. The molecule has 0 bridgehead atoms. The molecule has 1 amide bonds. The molecule has 0 fully saturated rings. The number of ether oxygens (including phenoxy) is 2. The maximum Gasteiger partial charge on any atom is 0.294 e. The first kappa shape index (κ1) is 20.6. The monoisotopic (exact) mass is 517 g/mol. The van der Waals surface area contributed by atoms with Crippen molar-refractivity contribution in [1.29, 1.82) is 0 Å². The molecule has 1 atom stereocenters. The Morgan fingerprint density at radius 3 is 2.59 bits per heavy atom. The van der Waals surface area contributed by atoms with Crippen molar-refractivity contribution < 1.29 is 28.6 Å². The van der Waals surface area contributed by atoms with Crippen molar-refractivity contribution in [3.05, 3.63) is 99.9 Å². The number of hydrogen-bond donors (Lipinski definition) is 1. The summed E-state index contributed by atoms with van der Waals surface area (Å²) in [6.07, 6.45) is 0. The van der Waals surface area contributed by atoms with Crippen LogP contribution in [0.4, 0.5) is 5.69 Å². The van der Waals surface area contributed by atoms with Crippen LogP contribution in [0.1, 0.15) is 22.2 Å². The van der Waals surface area contributed by atoms with E-state index < -0.39 is 23.5 Å². The average molecular weight is 518 g/mol. The fourth-order valence-electron chi connectivity index (χ4n) is 4.35. The molecular weight excluding hydrogens is 502 g/mol. The Balaban J connectivity index is 1.48. The van der Waals surface area contributed by atoms with Crippen molar-refractivity contribution in [2.24, 2.45) is 0 Å². The first-order valence-electron chi connectivity index (χ1n) is 10.5. The van der Waals surface area contributed by atoms with E-state index in [2.05, 4.69) is 15.9 Å². The minimum atomic E-state index is -0.860. The molecular formula is C26H16BrNO6. The van der Waals surface area contributed by atoms with E-state index in [0.717, 1.165) is 9.86 Å². The highest BCUT2D eigenvalue weighted by Gasteiger charge is 2.45. The van der Waals surface area contributed by atoms with Gasteiger partial charge in [-0.1, -0.05) is 46.3 Å². The van der Waals surface area contributed by atoms with Gasteiger partial charge in [0.25, 0.3) is 5.91 Å². The maximum atomic E-state index is 13.7. The topological polar surface area (TPSA) is 89.2 Å². The summed E-state index contributed by atoms with van der Waals surface area (Å²) in [5, 5.41) is 11.7. The summed E-state index contributed by atoms with van der Waals surface area (Å²) >= 11 is 3.41. The maximum absolute atomic E-state index is 13.7. The van der Waals surface area contributed by atoms with E-state index in [4.69, 9.17) is 13.9 Å². The van der Waals surface area contributed by atoms with Gasteiger partial charge in [0.05, 0.1) is 11.6 Å². The van der Waals surface area contributed by atoms with E-state index in [-0.39, 0.29) is 18.1 Å². The van der Waals surface area contributed by atoms with E-state index in [0.29, 0.717) is 28.3 Å². The lowest BCUT2D eigenvalue weighted by Crippen LogP contribution is -2.31. The van der Waals surface area contributed by atoms with Crippen LogP contribution in [0.5, 0.6) is 11.5 Å². The number of Topliss-reactive ketones (excluding diaryl/α,β-unsaturated/α-hetero) is 1. The zero-order valence-corrected chi connectivity index (χ0v) is 19.1. The molecule has 0 saturated heterocycles. The highest BCUT2D eigenvalue weighted by atomic mass is 79.9. The first-order valence-corrected chi connectivity index (χ1v) is 11.3. The number of benzene rings is 3. The minimum Gasteiger partial charge on any atom is -0.503 e. The Hall–Kier alpha value is -4.04. The van der Waals surface area contributed by atoms with Gasteiger partial charge in [0.2, 0.25) is 12.6 Å². The summed E-state index contributed by atoms with van der Waals surface area (Å²) in [6, 6.07) is 20.3. The van der Waals surface area contributed by atoms with Crippen LogP contribution in [-0.2, 0) is 4.79 Å². The highest BCUT2D eigenvalue weighted by molar-refractivity contribution is 9.10. The normalized spacial score (nSPS) is 17.1. The van der Waals surface area contributed by atoms with Gasteiger partial charge in [0.15, 0.2) is 23.0 Å². The number of hydrogen-bond acceptors (Lipinski definition) is 6.